The van der Waals surface area contributed by atoms with Crippen molar-refractivity contribution in [1.82, 2.24) is 4.90 Å². The molecule has 0 N–H and O–H groups in total. The molecule has 220 valence electrons. The van der Waals surface area contributed by atoms with E-state index in [0.29, 0.717) is 6.04 Å². The Hall–Kier alpha value is -0.0800. The highest BCUT2D eigenvalue weighted by atomic mass is 16.5. The number of ether oxygens (including phenoxy) is 1. The van der Waals surface area contributed by atoms with Gasteiger partial charge in [-0.25, -0.2) is 0 Å². The van der Waals surface area contributed by atoms with Gasteiger partial charge in [0.05, 0.1) is 6.61 Å². The molecule has 2 nitrogen and oxygen atoms in total. The quantitative estimate of drug-likeness (QED) is 0.0953. The molecular weight excluding hydrogens is 450 g/mol. The third-order valence-electron chi connectivity index (χ3n) is 9.72. The zero-order valence-electron chi connectivity index (χ0n) is 26.1. The van der Waals surface area contributed by atoms with Gasteiger partial charge in [-0.1, -0.05) is 136 Å². The second kappa shape index (κ2) is 21.7. The van der Waals surface area contributed by atoms with E-state index in [2.05, 4.69) is 32.8 Å². The zero-order chi connectivity index (χ0) is 26.6. The lowest BCUT2D eigenvalue weighted by atomic mass is 10.0. The van der Waals surface area contributed by atoms with Crippen molar-refractivity contribution in [2.45, 2.75) is 174 Å². The molecule has 0 amide bonds. The second-order valence-corrected chi connectivity index (χ2v) is 13.5. The van der Waals surface area contributed by atoms with Crippen molar-refractivity contribution in [2.75, 3.05) is 27.3 Å². The number of rotatable bonds is 28. The standard InChI is InChI=1S/C35H69NO/c1-5-7-9-10-11-12-13-17-21-25-35(36(3)4)30-37-26-22-18-15-14-16-20-24-32-28-34(32)29-33-27-31(33)23-19-8-6-2/h31-35H,5-30H2,1-4H3. The summed E-state index contributed by atoms with van der Waals surface area (Å²) in [5, 5.41) is 0. The van der Waals surface area contributed by atoms with Crippen LogP contribution >= 0.6 is 0 Å². The Morgan fingerprint density at radius 3 is 1.59 bits per heavy atom. The van der Waals surface area contributed by atoms with E-state index in [0.717, 1.165) is 36.9 Å². The predicted molar refractivity (Wildman–Crippen MR) is 164 cm³/mol. The molecule has 0 spiro atoms. The van der Waals surface area contributed by atoms with Crippen molar-refractivity contribution in [3.05, 3.63) is 0 Å². The van der Waals surface area contributed by atoms with E-state index in [1.165, 1.54) is 135 Å². The summed E-state index contributed by atoms with van der Waals surface area (Å²) in [7, 11) is 4.45. The van der Waals surface area contributed by atoms with E-state index in [9.17, 15) is 0 Å². The molecule has 37 heavy (non-hydrogen) atoms. The highest BCUT2D eigenvalue weighted by Crippen LogP contribution is 2.54. The van der Waals surface area contributed by atoms with Crippen molar-refractivity contribution in [1.29, 1.82) is 0 Å². The third-order valence-corrected chi connectivity index (χ3v) is 9.72. The zero-order valence-corrected chi connectivity index (χ0v) is 26.1. The van der Waals surface area contributed by atoms with Crippen LogP contribution in [0.4, 0.5) is 0 Å². The highest BCUT2D eigenvalue weighted by molar-refractivity contribution is 4.94. The summed E-state index contributed by atoms with van der Waals surface area (Å²) in [6.07, 6.45) is 34.6. The van der Waals surface area contributed by atoms with Crippen molar-refractivity contribution in [3.8, 4) is 0 Å². The van der Waals surface area contributed by atoms with Crippen LogP contribution in [0.1, 0.15) is 168 Å². The Balaban J connectivity index is 1.30. The van der Waals surface area contributed by atoms with Gasteiger partial charge in [-0.2, -0.15) is 0 Å². The molecule has 2 heteroatoms. The van der Waals surface area contributed by atoms with E-state index in [4.69, 9.17) is 4.74 Å². The number of likely N-dealkylation sites (N-methyl/N-ethyl adjacent to an activating group) is 1. The van der Waals surface area contributed by atoms with Crippen molar-refractivity contribution in [2.24, 2.45) is 23.7 Å². The molecule has 0 aromatic carbocycles. The molecule has 2 rings (SSSR count). The molecule has 5 unspecified atom stereocenters. The average molecular weight is 520 g/mol. The molecule has 2 saturated carbocycles. The minimum atomic E-state index is 0.600. The Bertz CT molecular complexity index is 505. The monoisotopic (exact) mass is 520 g/mol. The normalized spacial score (nSPS) is 23.6. The first-order chi connectivity index (χ1) is 18.2. The van der Waals surface area contributed by atoms with E-state index in [1.54, 1.807) is 19.3 Å². The maximum atomic E-state index is 6.10. The molecule has 0 aliphatic heterocycles. The van der Waals surface area contributed by atoms with Gasteiger partial charge in [-0.05, 0) is 69.9 Å². The number of hydrogen-bond acceptors (Lipinski definition) is 2. The molecule has 0 heterocycles. The third kappa shape index (κ3) is 17.3. The molecule has 2 fully saturated rings. The van der Waals surface area contributed by atoms with Gasteiger partial charge in [0.15, 0.2) is 0 Å². The fourth-order valence-corrected chi connectivity index (χ4v) is 6.67. The molecule has 2 aliphatic carbocycles. The lowest BCUT2D eigenvalue weighted by Crippen LogP contribution is -2.32. The van der Waals surface area contributed by atoms with Crippen LogP contribution in [0.15, 0.2) is 0 Å². The number of unbranched alkanes of at least 4 members (excludes halogenated alkanes) is 15. The Morgan fingerprint density at radius 2 is 1.03 bits per heavy atom. The maximum absolute atomic E-state index is 6.10. The first-order valence-electron chi connectivity index (χ1n) is 17.4. The van der Waals surface area contributed by atoms with Crippen LogP contribution in [-0.4, -0.2) is 38.3 Å². The molecule has 0 aromatic heterocycles. The van der Waals surface area contributed by atoms with Crippen LogP contribution in [0.3, 0.4) is 0 Å². The minimum absolute atomic E-state index is 0.600. The van der Waals surface area contributed by atoms with E-state index < -0.39 is 0 Å². The van der Waals surface area contributed by atoms with Gasteiger partial charge in [0.2, 0.25) is 0 Å². The SMILES string of the molecule is CCCCCCCCCCCC(COCCCCCCCCC1CC1CC1CC1CCCCC)N(C)C. The van der Waals surface area contributed by atoms with Gasteiger partial charge in [-0.3, -0.25) is 0 Å². The molecule has 0 radical (unpaired) electrons. The summed E-state index contributed by atoms with van der Waals surface area (Å²) in [5.41, 5.74) is 0. The van der Waals surface area contributed by atoms with Crippen LogP contribution in [0.25, 0.3) is 0 Å². The van der Waals surface area contributed by atoms with E-state index >= 15 is 0 Å². The van der Waals surface area contributed by atoms with Gasteiger partial charge in [0.25, 0.3) is 0 Å². The smallest absolute Gasteiger partial charge is 0.0621 e. The largest absolute Gasteiger partial charge is 0.380 e. The fourth-order valence-electron chi connectivity index (χ4n) is 6.67. The summed E-state index contributed by atoms with van der Waals surface area (Å²) < 4.78 is 6.10. The average Bonchev–Trinajstić information content (AvgIpc) is 3.81. The predicted octanol–water partition coefficient (Wildman–Crippen LogP) is 10.8. The fraction of sp³-hybridized carbons (Fsp3) is 1.00. The molecule has 5 atom stereocenters. The van der Waals surface area contributed by atoms with Crippen LogP contribution in [0.2, 0.25) is 0 Å². The van der Waals surface area contributed by atoms with E-state index in [1.807, 2.05) is 0 Å². The van der Waals surface area contributed by atoms with Crippen molar-refractivity contribution >= 4 is 0 Å². The molecule has 0 bridgehead atoms. The molecule has 2 aliphatic rings. The molecule has 0 saturated heterocycles. The van der Waals surface area contributed by atoms with Gasteiger partial charge in [0, 0.05) is 12.6 Å². The van der Waals surface area contributed by atoms with Crippen LogP contribution < -0.4 is 0 Å². The van der Waals surface area contributed by atoms with E-state index in [-0.39, 0.29) is 0 Å². The van der Waals surface area contributed by atoms with Gasteiger partial charge >= 0.3 is 0 Å². The maximum Gasteiger partial charge on any atom is 0.0621 e. The summed E-state index contributed by atoms with van der Waals surface area (Å²) in [5.74, 6) is 4.51. The topological polar surface area (TPSA) is 12.5 Å². The Kier molecular flexibility index (Phi) is 19.4. The summed E-state index contributed by atoms with van der Waals surface area (Å²) in [4.78, 5) is 2.38. The summed E-state index contributed by atoms with van der Waals surface area (Å²) in [6, 6.07) is 0.600. The van der Waals surface area contributed by atoms with Gasteiger partial charge in [-0.15, -0.1) is 0 Å². The summed E-state index contributed by atoms with van der Waals surface area (Å²) in [6.45, 7) is 6.52. The first kappa shape index (κ1) is 33.1. The lowest BCUT2D eigenvalue weighted by Gasteiger charge is -2.24. The summed E-state index contributed by atoms with van der Waals surface area (Å²) >= 11 is 0. The Morgan fingerprint density at radius 1 is 0.568 bits per heavy atom. The van der Waals surface area contributed by atoms with Crippen LogP contribution in [-0.2, 0) is 4.74 Å². The lowest BCUT2D eigenvalue weighted by molar-refractivity contribution is 0.0721. The first-order valence-corrected chi connectivity index (χ1v) is 17.4. The van der Waals surface area contributed by atoms with Crippen LogP contribution in [0.5, 0.6) is 0 Å². The molecule has 0 aromatic rings. The highest BCUT2D eigenvalue weighted by Gasteiger charge is 2.44. The number of nitrogens with zero attached hydrogens (tertiary/aromatic N) is 1. The van der Waals surface area contributed by atoms with Crippen molar-refractivity contribution < 1.29 is 4.74 Å². The second-order valence-electron chi connectivity index (χ2n) is 13.5. The van der Waals surface area contributed by atoms with Crippen LogP contribution in [0, 0.1) is 23.7 Å². The number of hydrogen-bond donors (Lipinski definition) is 0. The Labute approximate surface area is 234 Å². The van der Waals surface area contributed by atoms with Gasteiger partial charge < -0.3 is 9.64 Å². The molecular formula is C35H69NO. The van der Waals surface area contributed by atoms with Gasteiger partial charge in [0.1, 0.15) is 0 Å². The van der Waals surface area contributed by atoms with Crippen molar-refractivity contribution in [3.63, 3.8) is 0 Å². The minimum Gasteiger partial charge on any atom is -0.380 e.